The molecule has 0 bridgehead atoms. The average molecular weight is 519 g/mol. The number of nitrogens with zero attached hydrogens (tertiary/aromatic N) is 5. The predicted molar refractivity (Wildman–Crippen MR) is 132 cm³/mol. The van der Waals surface area contributed by atoms with Crippen molar-refractivity contribution in [2.24, 2.45) is 0 Å². The Morgan fingerprint density at radius 1 is 1.08 bits per heavy atom. The highest BCUT2D eigenvalue weighted by atomic mass is 19.4. The zero-order valence-electron chi connectivity index (χ0n) is 20.0. The van der Waals surface area contributed by atoms with Crippen LogP contribution in [0.25, 0.3) is 22.3 Å². The number of carbonyl (C=O) groups is 2. The van der Waals surface area contributed by atoms with Gasteiger partial charge in [-0.25, -0.2) is 14.8 Å². The summed E-state index contributed by atoms with van der Waals surface area (Å²) in [6, 6.07) is 7.81. The molecule has 2 N–H and O–H groups in total. The fraction of sp³-hybridized carbons (Fsp3) is 0.192. The van der Waals surface area contributed by atoms with Crippen molar-refractivity contribution in [1.82, 2.24) is 30.4 Å². The summed E-state index contributed by atoms with van der Waals surface area (Å²) >= 11 is 0. The van der Waals surface area contributed by atoms with Gasteiger partial charge in [-0.2, -0.15) is 18.3 Å². The molecule has 6 rings (SSSR count). The lowest BCUT2D eigenvalue weighted by atomic mass is 10.0. The molecule has 0 spiro atoms. The summed E-state index contributed by atoms with van der Waals surface area (Å²) in [5.74, 6) is 0.108. The van der Waals surface area contributed by atoms with Gasteiger partial charge in [0.15, 0.2) is 5.82 Å². The summed E-state index contributed by atoms with van der Waals surface area (Å²) < 4.78 is 40.7. The smallest absolute Gasteiger partial charge is 0.325 e. The number of halogens is 3. The van der Waals surface area contributed by atoms with E-state index in [4.69, 9.17) is 0 Å². The Labute approximate surface area is 214 Å². The Balaban J connectivity index is 1.30. The van der Waals surface area contributed by atoms with E-state index in [0.717, 1.165) is 17.7 Å². The van der Waals surface area contributed by atoms with Crippen molar-refractivity contribution in [3.63, 3.8) is 0 Å². The molecule has 2 aromatic heterocycles. The van der Waals surface area contributed by atoms with Crippen molar-refractivity contribution in [3.05, 3.63) is 83.5 Å². The number of benzene rings is 2. The van der Waals surface area contributed by atoms with Crippen molar-refractivity contribution < 1.29 is 22.8 Å². The monoisotopic (exact) mass is 519 g/mol. The quantitative estimate of drug-likeness (QED) is 0.419. The topological polar surface area (TPSA) is 105 Å². The predicted octanol–water partition coefficient (Wildman–Crippen LogP) is 4.35. The van der Waals surface area contributed by atoms with Crippen LogP contribution in [0.5, 0.6) is 0 Å². The number of hydrogen-bond acceptors (Lipinski definition) is 5. The van der Waals surface area contributed by atoms with E-state index in [2.05, 4.69) is 32.3 Å². The number of nitrogens with one attached hydrogen (secondary N) is 2. The van der Waals surface area contributed by atoms with Crippen LogP contribution in [0.2, 0.25) is 0 Å². The maximum Gasteiger partial charge on any atom is 0.416 e. The summed E-state index contributed by atoms with van der Waals surface area (Å²) in [4.78, 5) is 35.7. The van der Waals surface area contributed by atoms with Gasteiger partial charge in [-0.1, -0.05) is 6.58 Å². The molecule has 2 aromatic carbocycles. The van der Waals surface area contributed by atoms with Crippen molar-refractivity contribution in [1.29, 1.82) is 0 Å². The third-order valence-electron chi connectivity index (χ3n) is 6.71. The number of aryl methyl sites for hydroxylation is 1. The minimum Gasteiger partial charge on any atom is -0.325 e. The van der Waals surface area contributed by atoms with Gasteiger partial charge in [0.05, 0.1) is 29.9 Å². The molecule has 4 heterocycles. The Bertz CT molecular complexity index is 1660. The second-order valence-electron chi connectivity index (χ2n) is 9.15. The molecule has 4 aromatic rings. The van der Waals surface area contributed by atoms with E-state index in [1.54, 1.807) is 27.9 Å². The van der Waals surface area contributed by atoms with E-state index in [9.17, 15) is 22.8 Å². The molecule has 38 heavy (non-hydrogen) atoms. The molecule has 0 aliphatic carbocycles. The maximum atomic E-state index is 13.6. The van der Waals surface area contributed by atoms with Crippen molar-refractivity contribution in [3.8, 4) is 11.4 Å². The lowest BCUT2D eigenvalue weighted by molar-refractivity contribution is -0.137. The minimum atomic E-state index is -4.44. The Hall–Kier alpha value is -4.74. The van der Waals surface area contributed by atoms with Gasteiger partial charge < -0.3 is 15.5 Å². The standard InChI is InChI=1S/C26H20F3N7O2/c1-13-9-15(23-30-11-16-10-17(26(27,28)29)4-5-19(16)33-23)3-6-20(13)35-7-8-36-22(24(35)37)18(12-31-36)21-14(2)32-25(38)34-21/h3-6,9-12,21H,2,7-8H2,1H3,(H2,32,34,38). The number of aromatic nitrogens is 4. The largest absolute Gasteiger partial charge is 0.416 e. The summed E-state index contributed by atoms with van der Waals surface area (Å²) in [6.07, 6.45) is -1.50. The van der Waals surface area contributed by atoms with E-state index in [0.29, 0.717) is 58.0 Å². The van der Waals surface area contributed by atoms with Crippen molar-refractivity contribution >= 4 is 28.5 Å². The van der Waals surface area contributed by atoms with Gasteiger partial charge in [0.2, 0.25) is 0 Å². The average Bonchev–Trinajstić information content (AvgIpc) is 3.45. The first kappa shape index (κ1) is 23.6. The molecule has 9 nitrogen and oxygen atoms in total. The third kappa shape index (κ3) is 3.85. The molecule has 12 heteroatoms. The lowest BCUT2D eigenvalue weighted by Gasteiger charge is -2.30. The van der Waals surface area contributed by atoms with Gasteiger partial charge in [0.25, 0.3) is 5.91 Å². The van der Waals surface area contributed by atoms with E-state index in [-0.39, 0.29) is 11.9 Å². The molecule has 0 saturated carbocycles. The minimum absolute atomic E-state index is 0.254. The Kier molecular flexibility index (Phi) is 5.23. The van der Waals surface area contributed by atoms with Crippen LogP contribution in [0.1, 0.15) is 33.2 Å². The highest BCUT2D eigenvalue weighted by Gasteiger charge is 2.36. The second-order valence-corrected chi connectivity index (χ2v) is 9.15. The number of amides is 3. The highest BCUT2D eigenvalue weighted by molar-refractivity contribution is 6.07. The van der Waals surface area contributed by atoms with E-state index in [1.807, 2.05) is 13.0 Å². The third-order valence-corrected chi connectivity index (χ3v) is 6.71. The van der Waals surface area contributed by atoms with Gasteiger partial charge >= 0.3 is 12.2 Å². The van der Waals surface area contributed by atoms with Gasteiger partial charge in [0.1, 0.15) is 5.69 Å². The molecule has 1 saturated heterocycles. The first-order valence-electron chi connectivity index (χ1n) is 11.7. The molecule has 1 fully saturated rings. The first-order chi connectivity index (χ1) is 18.1. The summed E-state index contributed by atoms with van der Waals surface area (Å²) in [5.41, 5.74) is 3.18. The van der Waals surface area contributed by atoms with E-state index >= 15 is 0 Å². The Morgan fingerprint density at radius 3 is 2.61 bits per heavy atom. The van der Waals surface area contributed by atoms with Gasteiger partial charge in [-0.3, -0.25) is 9.48 Å². The molecule has 3 amide bonds. The van der Waals surface area contributed by atoms with Crippen LogP contribution in [0, 0.1) is 6.92 Å². The SMILES string of the molecule is C=C1NC(=O)NC1c1cnn2c1C(=O)N(c1ccc(-c3ncc4cc(C(F)(F)F)ccc4n3)cc1C)CC2. The van der Waals surface area contributed by atoms with Crippen LogP contribution in [0.4, 0.5) is 23.7 Å². The number of fused-ring (bicyclic) bond motifs is 2. The molecular formula is C26H20F3N7O2. The van der Waals surface area contributed by atoms with Crippen LogP contribution in [0.3, 0.4) is 0 Å². The van der Waals surface area contributed by atoms with Gasteiger partial charge in [0, 0.05) is 40.6 Å². The molecular weight excluding hydrogens is 499 g/mol. The number of urea groups is 1. The normalized spacial score (nSPS) is 17.5. The summed E-state index contributed by atoms with van der Waals surface area (Å²) in [5, 5.41) is 9.97. The molecule has 1 atom stereocenters. The van der Waals surface area contributed by atoms with Gasteiger partial charge in [-0.05, 0) is 48.9 Å². The van der Waals surface area contributed by atoms with Crippen LogP contribution in [-0.4, -0.2) is 38.2 Å². The number of rotatable bonds is 3. The van der Waals surface area contributed by atoms with Crippen molar-refractivity contribution in [2.45, 2.75) is 25.7 Å². The highest BCUT2D eigenvalue weighted by Crippen LogP contribution is 2.34. The fourth-order valence-electron chi connectivity index (χ4n) is 4.85. The Morgan fingerprint density at radius 2 is 1.89 bits per heavy atom. The molecule has 0 radical (unpaired) electrons. The lowest BCUT2D eigenvalue weighted by Crippen LogP contribution is -2.41. The summed E-state index contributed by atoms with van der Waals surface area (Å²) in [6.45, 7) is 6.59. The zero-order valence-corrected chi connectivity index (χ0v) is 20.0. The molecule has 2 aliphatic rings. The zero-order chi connectivity index (χ0) is 26.8. The summed E-state index contributed by atoms with van der Waals surface area (Å²) in [7, 11) is 0. The van der Waals surface area contributed by atoms with Crippen LogP contribution >= 0.6 is 0 Å². The number of anilines is 1. The van der Waals surface area contributed by atoms with Crippen LogP contribution < -0.4 is 15.5 Å². The van der Waals surface area contributed by atoms with Crippen LogP contribution in [-0.2, 0) is 12.7 Å². The van der Waals surface area contributed by atoms with Crippen LogP contribution in [0.15, 0.2) is 61.1 Å². The number of carbonyl (C=O) groups excluding carboxylic acids is 2. The first-order valence-corrected chi connectivity index (χ1v) is 11.7. The van der Waals surface area contributed by atoms with Gasteiger partial charge in [-0.15, -0.1) is 0 Å². The number of hydrogen-bond donors (Lipinski definition) is 2. The van der Waals surface area contributed by atoms with E-state index < -0.39 is 17.8 Å². The van der Waals surface area contributed by atoms with E-state index in [1.165, 1.54) is 12.3 Å². The number of alkyl halides is 3. The van der Waals surface area contributed by atoms with Crippen molar-refractivity contribution in [2.75, 3.05) is 11.4 Å². The second kappa shape index (κ2) is 8.40. The molecule has 192 valence electrons. The maximum absolute atomic E-state index is 13.6. The fourth-order valence-corrected chi connectivity index (χ4v) is 4.85. The molecule has 2 aliphatic heterocycles. The molecule has 1 unspecified atom stereocenters.